The van der Waals surface area contributed by atoms with Gasteiger partial charge in [0.1, 0.15) is 6.29 Å². The molecule has 0 N–H and O–H groups in total. The van der Waals surface area contributed by atoms with Gasteiger partial charge in [0.25, 0.3) is 0 Å². The normalized spacial score (nSPS) is 18.9. The molecule has 4 heteroatoms. The summed E-state index contributed by atoms with van der Waals surface area (Å²) in [4.78, 5) is 8.81. The lowest BCUT2D eigenvalue weighted by atomic mass is 10.0. The topological polar surface area (TPSA) is 44.8 Å². The number of rotatable bonds is 3. The zero-order chi connectivity index (χ0) is 22.1. The van der Waals surface area contributed by atoms with Crippen molar-refractivity contribution in [2.24, 2.45) is 5.92 Å². The number of hydrogen-bond acceptors (Lipinski definition) is 4. The molecule has 1 heterocycles. The van der Waals surface area contributed by atoms with Gasteiger partial charge in [-0.1, -0.05) is 84.4 Å². The SMILES string of the molecule is CC.CC.CC.CC=O.CCC1CC(OC)OC1OC.Cc1ccccc1. The van der Waals surface area contributed by atoms with E-state index in [0.717, 1.165) is 19.1 Å². The highest BCUT2D eigenvalue weighted by Gasteiger charge is 2.33. The van der Waals surface area contributed by atoms with Crippen LogP contribution in [-0.4, -0.2) is 33.1 Å². The van der Waals surface area contributed by atoms with Crippen LogP contribution in [0.4, 0.5) is 0 Å². The zero-order valence-corrected chi connectivity index (χ0v) is 19.7. The maximum atomic E-state index is 8.81. The van der Waals surface area contributed by atoms with E-state index in [1.807, 2.05) is 59.7 Å². The molecular weight excluding hydrogens is 340 g/mol. The highest BCUT2D eigenvalue weighted by atomic mass is 16.8. The molecule has 1 aliphatic heterocycles. The molecule has 4 nitrogen and oxygen atoms in total. The Balaban J connectivity index is -0.000000143. The van der Waals surface area contributed by atoms with E-state index in [4.69, 9.17) is 19.0 Å². The van der Waals surface area contributed by atoms with Gasteiger partial charge >= 0.3 is 0 Å². The van der Waals surface area contributed by atoms with Crippen molar-refractivity contribution in [2.75, 3.05) is 14.2 Å². The van der Waals surface area contributed by atoms with E-state index in [9.17, 15) is 0 Å². The summed E-state index contributed by atoms with van der Waals surface area (Å²) >= 11 is 0. The quantitative estimate of drug-likeness (QED) is 0.545. The summed E-state index contributed by atoms with van der Waals surface area (Å²) < 4.78 is 15.6. The molecule has 1 aromatic carbocycles. The van der Waals surface area contributed by atoms with Crippen LogP contribution in [-0.2, 0) is 19.0 Å². The van der Waals surface area contributed by atoms with Crippen molar-refractivity contribution < 1.29 is 19.0 Å². The van der Waals surface area contributed by atoms with Crippen LogP contribution in [0.1, 0.15) is 73.8 Å². The van der Waals surface area contributed by atoms with Gasteiger partial charge in [-0.25, -0.2) is 0 Å². The summed E-state index contributed by atoms with van der Waals surface area (Å²) in [7, 11) is 3.33. The van der Waals surface area contributed by atoms with Gasteiger partial charge in [-0.2, -0.15) is 0 Å². The number of carbonyl (C=O) groups is 1. The standard InChI is InChI=1S/C8H16O3.C7H8.C2H4O.3C2H6/c1-4-6-5-7(9-2)11-8(6)10-3;1-7-5-3-2-4-6-7;1-2-3;3*1-2/h6-8H,4-5H2,1-3H3;2-6H,1H3;2H,1H3;3*1-2H3. The Morgan fingerprint density at radius 3 is 1.67 bits per heavy atom. The molecular formula is C23H46O4. The van der Waals surface area contributed by atoms with Crippen molar-refractivity contribution in [3.63, 3.8) is 0 Å². The molecule has 0 spiro atoms. The van der Waals surface area contributed by atoms with Gasteiger partial charge in [-0.3, -0.25) is 0 Å². The van der Waals surface area contributed by atoms with E-state index in [0.29, 0.717) is 5.92 Å². The Kier molecular flexibility index (Phi) is 36.5. The molecule has 0 bridgehead atoms. The Bertz CT molecular complexity index is 343. The lowest BCUT2D eigenvalue weighted by molar-refractivity contribution is -0.193. The summed E-state index contributed by atoms with van der Waals surface area (Å²) in [5.41, 5.74) is 1.32. The van der Waals surface area contributed by atoms with Crippen molar-refractivity contribution in [2.45, 2.75) is 87.7 Å². The number of hydrogen-bond donors (Lipinski definition) is 0. The number of aryl methyl sites for hydroxylation is 1. The predicted octanol–water partition coefficient (Wildman–Crippen LogP) is 6.66. The molecule has 3 unspecified atom stereocenters. The molecule has 0 aromatic heterocycles. The predicted molar refractivity (Wildman–Crippen MR) is 118 cm³/mol. The number of benzene rings is 1. The van der Waals surface area contributed by atoms with Crippen LogP contribution in [0.5, 0.6) is 0 Å². The summed E-state index contributed by atoms with van der Waals surface area (Å²) in [6, 6.07) is 10.3. The van der Waals surface area contributed by atoms with E-state index in [1.54, 1.807) is 14.2 Å². The first-order valence-corrected chi connectivity index (χ1v) is 10.2. The third kappa shape index (κ3) is 20.9. The van der Waals surface area contributed by atoms with E-state index >= 15 is 0 Å². The average Bonchev–Trinajstić information content (AvgIpc) is 3.17. The number of ether oxygens (including phenoxy) is 3. The van der Waals surface area contributed by atoms with Gasteiger partial charge in [0.15, 0.2) is 12.6 Å². The van der Waals surface area contributed by atoms with E-state index in [-0.39, 0.29) is 12.6 Å². The van der Waals surface area contributed by atoms with Crippen LogP contribution in [0.3, 0.4) is 0 Å². The van der Waals surface area contributed by atoms with Crippen molar-refractivity contribution in [1.29, 1.82) is 0 Å². The lowest BCUT2D eigenvalue weighted by Crippen LogP contribution is -2.18. The van der Waals surface area contributed by atoms with Gasteiger partial charge in [0.05, 0.1) is 0 Å². The Labute approximate surface area is 169 Å². The second-order valence-electron chi connectivity index (χ2n) is 4.70. The van der Waals surface area contributed by atoms with Crippen LogP contribution in [0.15, 0.2) is 30.3 Å². The Morgan fingerprint density at radius 1 is 1.00 bits per heavy atom. The van der Waals surface area contributed by atoms with E-state index in [2.05, 4.69) is 26.0 Å². The minimum Gasteiger partial charge on any atom is -0.356 e. The molecule has 27 heavy (non-hydrogen) atoms. The first-order valence-electron chi connectivity index (χ1n) is 10.2. The van der Waals surface area contributed by atoms with Gasteiger partial charge in [0.2, 0.25) is 0 Å². The average molecular weight is 387 g/mol. The third-order valence-electron chi connectivity index (χ3n) is 3.13. The first kappa shape index (κ1) is 33.4. The second kappa shape index (κ2) is 29.5. The molecule has 2 rings (SSSR count). The van der Waals surface area contributed by atoms with Crippen molar-refractivity contribution in [1.82, 2.24) is 0 Å². The molecule has 1 aliphatic rings. The minimum atomic E-state index is -0.0649. The molecule has 1 saturated heterocycles. The Morgan fingerprint density at radius 2 is 1.44 bits per heavy atom. The second-order valence-corrected chi connectivity index (χ2v) is 4.70. The zero-order valence-electron chi connectivity index (χ0n) is 19.7. The number of methoxy groups -OCH3 is 2. The van der Waals surface area contributed by atoms with Gasteiger partial charge < -0.3 is 19.0 Å². The number of aldehydes is 1. The van der Waals surface area contributed by atoms with E-state index in [1.165, 1.54) is 12.5 Å². The fraction of sp³-hybridized carbons (Fsp3) is 0.696. The number of carbonyl (C=O) groups excluding carboxylic acids is 1. The minimum absolute atomic E-state index is 0.0649. The largest absolute Gasteiger partial charge is 0.356 e. The third-order valence-corrected chi connectivity index (χ3v) is 3.13. The van der Waals surface area contributed by atoms with Crippen molar-refractivity contribution >= 4 is 6.29 Å². The monoisotopic (exact) mass is 386 g/mol. The molecule has 0 saturated carbocycles. The molecule has 0 radical (unpaired) electrons. The van der Waals surface area contributed by atoms with Crippen LogP contribution in [0, 0.1) is 12.8 Å². The molecule has 1 fully saturated rings. The van der Waals surface area contributed by atoms with E-state index < -0.39 is 0 Å². The fourth-order valence-electron chi connectivity index (χ4n) is 1.97. The fourth-order valence-corrected chi connectivity index (χ4v) is 1.97. The maximum Gasteiger partial charge on any atom is 0.163 e. The van der Waals surface area contributed by atoms with Crippen LogP contribution < -0.4 is 0 Å². The summed E-state index contributed by atoms with van der Waals surface area (Å²) in [6.45, 7) is 17.7. The first-order chi connectivity index (χ1) is 13.1. The highest BCUT2D eigenvalue weighted by Crippen LogP contribution is 2.29. The molecule has 162 valence electrons. The highest BCUT2D eigenvalue weighted by molar-refractivity contribution is 5.44. The molecule has 0 aliphatic carbocycles. The molecule has 0 amide bonds. The lowest BCUT2D eigenvalue weighted by Gasteiger charge is -2.13. The van der Waals surface area contributed by atoms with Gasteiger partial charge in [-0.05, 0) is 20.3 Å². The Hall–Kier alpha value is -1.23. The van der Waals surface area contributed by atoms with Gasteiger partial charge in [0, 0.05) is 26.6 Å². The molecule has 3 atom stereocenters. The van der Waals surface area contributed by atoms with Crippen LogP contribution in [0.25, 0.3) is 0 Å². The maximum absolute atomic E-state index is 8.81. The van der Waals surface area contributed by atoms with Crippen molar-refractivity contribution in [3.8, 4) is 0 Å². The summed E-state index contributed by atoms with van der Waals surface area (Å²) in [5.74, 6) is 0.491. The van der Waals surface area contributed by atoms with Crippen molar-refractivity contribution in [3.05, 3.63) is 35.9 Å². The summed E-state index contributed by atoms with van der Waals surface area (Å²) in [6.07, 6.45) is 2.65. The van der Waals surface area contributed by atoms with Gasteiger partial charge in [-0.15, -0.1) is 0 Å². The van der Waals surface area contributed by atoms with Crippen LogP contribution >= 0.6 is 0 Å². The smallest absolute Gasteiger partial charge is 0.163 e. The molecule has 1 aromatic rings. The summed E-state index contributed by atoms with van der Waals surface area (Å²) in [5, 5.41) is 0. The van der Waals surface area contributed by atoms with Crippen LogP contribution in [0.2, 0.25) is 0 Å².